The second-order valence-electron chi connectivity index (χ2n) is 5.73. The summed E-state index contributed by atoms with van der Waals surface area (Å²) in [6.07, 6.45) is 1.66. The van der Waals surface area contributed by atoms with Crippen molar-refractivity contribution in [2.75, 3.05) is 5.32 Å². The molecule has 3 aromatic rings. The zero-order valence-corrected chi connectivity index (χ0v) is 16.3. The van der Waals surface area contributed by atoms with E-state index in [1.807, 2.05) is 31.2 Å². The lowest BCUT2D eigenvalue weighted by Crippen LogP contribution is -2.20. The van der Waals surface area contributed by atoms with Gasteiger partial charge in [0.1, 0.15) is 5.69 Å². The molecule has 0 aliphatic heterocycles. The van der Waals surface area contributed by atoms with Gasteiger partial charge >= 0.3 is 0 Å². The van der Waals surface area contributed by atoms with Crippen molar-refractivity contribution >= 4 is 39.7 Å². The van der Waals surface area contributed by atoms with Gasteiger partial charge in [0.05, 0.1) is 0 Å². The number of nitrogens with one attached hydrogen (secondary N) is 3. The Bertz CT molecular complexity index is 1070. The minimum Gasteiger partial charge on any atom is -0.326 e. The third-order valence-electron chi connectivity index (χ3n) is 3.74. The standard InChI is InChI=1S/C17H16BrN5O2S/c1-10-3-2-4-11(7-10)15-21-22-17(26)23(15)6-5-14(24)20-13-8-12(18)9-19-16(13)25/h2-4,7-9H,5-6H2,1H3,(H,19,25)(H,20,24)(H,22,26). The molecule has 0 saturated carbocycles. The predicted octanol–water partition coefficient (Wildman–Crippen LogP) is 3.40. The molecule has 0 spiro atoms. The molecule has 0 atom stereocenters. The van der Waals surface area contributed by atoms with Gasteiger partial charge in [0.2, 0.25) is 5.91 Å². The average molecular weight is 434 g/mol. The van der Waals surface area contributed by atoms with E-state index in [9.17, 15) is 9.59 Å². The number of rotatable bonds is 5. The molecule has 2 heterocycles. The largest absolute Gasteiger partial charge is 0.326 e. The molecule has 2 aromatic heterocycles. The Kier molecular flexibility index (Phi) is 5.48. The summed E-state index contributed by atoms with van der Waals surface area (Å²) >= 11 is 8.53. The summed E-state index contributed by atoms with van der Waals surface area (Å²) in [5.74, 6) is 0.388. The van der Waals surface area contributed by atoms with Crippen LogP contribution in [0, 0.1) is 11.7 Å². The first-order valence-electron chi connectivity index (χ1n) is 7.84. The number of nitrogens with zero attached hydrogens (tertiary/aromatic N) is 2. The monoisotopic (exact) mass is 433 g/mol. The van der Waals surface area contributed by atoms with Crippen molar-refractivity contribution in [3.8, 4) is 11.4 Å². The molecule has 0 radical (unpaired) electrons. The van der Waals surface area contributed by atoms with E-state index >= 15 is 0 Å². The molecule has 0 saturated heterocycles. The summed E-state index contributed by atoms with van der Waals surface area (Å²) in [6, 6.07) is 9.44. The Balaban J connectivity index is 1.75. The fourth-order valence-corrected chi connectivity index (χ4v) is 3.07. The Hall–Kier alpha value is -2.52. The number of hydrogen-bond acceptors (Lipinski definition) is 4. The van der Waals surface area contributed by atoms with Crippen LogP contribution in [0.3, 0.4) is 0 Å². The number of carbonyl (C=O) groups is 1. The summed E-state index contributed by atoms with van der Waals surface area (Å²) in [5.41, 5.74) is 1.86. The second-order valence-corrected chi connectivity index (χ2v) is 7.03. The number of hydrogen-bond donors (Lipinski definition) is 3. The zero-order chi connectivity index (χ0) is 18.7. The fraction of sp³-hybridized carbons (Fsp3) is 0.176. The van der Waals surface area contributed by atoms with Crippen LogP contribution in [-0.2, 0) is 11.3 Å². The van der Waals surface area contributed by atoms with E-state index in [1.54, 1.807) is 10.6 Å². The van der Waals surface area contributed by atoms with Crippen molar-refractivity contribution < 1.29 is 4.79 Å². The Morgan fingerprint density at radius 1 is 1.38 bits per heavy atom. The minimum atomic E-state index is -0.359. The van der Waals surface area contributed by atoms with Gasteiger partial charge < -0.3 is 10.3 Å². The second kappa shape index (κ2) is 7.79. The number of pyridine rings is 1. The number of aromatic amines is 2. The van der Waals surface area contributed by atoms with E-state index in [0.717, 1.165) is 11.1 Å². The van der Waals surface area contributed by atoms with Gasteiger partial charge in [-0.1, -0.05) is 23.8 Å². The predicted molar refractivity (Wildman–Crippen MR) is 106 cm³/mol. The van der Waals surface area contributed by atoms with Crippen LogP contribution in [0.1, 0.15) is 12.0 Å². The van der Waals surface area contributed by atoms with Gasteiger partial charge in [0.15, 0.2) is 10.6 Å². The normalized spacial score (nSPS) is 10.7. The van der Waals surface area contributed by atoms with E-state index in [1.165, 1.54) is 6.20 Å². The van der Waals surface area contributed by atoms with Gasteiger partial charge in [-0.15, -0.1) is 0 Å². The van der Waals surface area contributed by atoms with Crippen LogP contribution in [-0.4, -0.2) is 25.7 Å². The van der Waals surface area contributed by atoms with Crippen molar-refractivity contribution in [3.05, 3.63) is 61.7 Å². The van der Waals surface area contributed by atoms with Gasteiger partial charge in [-0.3, -0.25) is 19.3 Å². The van der Waals surface area contributed by atoms with Crippen molar-refractivity contribution in [3.63, 3.8) is 0 Å². The molecular formula is C17H16BrN5O2S. The van der Waals surface area contributed by atoms with E-state index in [0.29, 0.717) is 21.6 Å². The molecule has 0 unspecified atom stereocenters. The lowest BCUT2D eigenvalue weighted by molar-refractivity contribution is -0.116. The zero-order valence-electron chi connectivity index (χ0n) is 13.9. The van der Waals surface area contributed by atoms with Crippen LogP contribution in [0.5, 0.6) is 0 Å². The lowest BCUT2D eigenvalue weighted by atomic mass is 10.1. The van der Waals surface area contributed by atoms with Gasteiger partial charge in [0.25, 0.3) is 5.56 Å². The van der Waals surface area contributed by atoms with Crippen LogP contribution < -0.4 is 10.9 Å². The van der Waals surface area contributed by atoms with Gasteiger partial charge in [-0.2, -0.15) is 5.10 Å². The number of aryl methyl sites for hydroxylation is 1. The maximum absolute atomic E-state index is 12.2. The molecule has 3 N–H and O–H groups in total. The highest BCUT2D eigenvalue weighted by molar-refractivity contribution is 9.10. The first-order chi connectivity index (χ1) is 12.4. The molecule has 0 aliphatic carbocycles. The first kappa shape index (κ1) is 18.3. The van der Waals surface area contributed by atoms with Gasteiger partial charge in [-0.25, -0.2) is 0 Å². The number of carbonyl (C=O) groups excluding carboxylic acids is 1. The number of benzene rings is 1. The van der Waals surface area contributed by atoms with Crippen molar-refractivity contribution in [1.82, 2.24) is 19.7 Å². The molecule has 9 heteroatoms. The van der Waals surface area contributed by atoms with Crippen molar-refractivity contribution in [2.45, 2.75) is 19.9 Å². The topological polar surface area (TPSA) is 95.6 Å². The Morgan fingerprint density at radius 3 is 2.96 bits per heavy atom. The van der Waals surface area contributed by atoms with Crippen molar-refractivity contribution in [1.29, 1.82) is 0 Å². The van der Waals surface area contributed by atoms with E-state index in [4.69, 9.17) is 12.2 Å². The van der Waals surface area contributed by atoms with Crippen LogP contribution >= 0.6 is 28.1 Å². The lowest BCUT2D eigenvalue weighted by Gasteiger charge is -2.08. The molecule has 1 amide bonds. The van der Waals surface area contributed by atoms with Crippen LogP contribution in [0.15, 0.2) is 45.8 Å². The highest BCUT2D eigenvalue weighted by Gasteiger charge is 2.12. The maximum Gasteiger partial charge on any atom is 0.271 e. The molecule has 26 heavy (non-hydrogen) atoms. The molecular weight excluding hydrogens is 418 g/mol. The molecule has 1 aromatic carbocycles. The van der Waals surface area contributed by atoms with Crippen LogP contribution in [0.25, 0.3) is 11.4 Å². The third kappa shape index (κ3) is 4.17. The third-order valence-corrected chi connectivity index (χ3v) is 4.51. The Labute approximate surface area is 162 Å². The number of anilines is 1. The number of amides is 1. The average Bonchev–Trinajstić information content (AvgIpc) is 2.97. The van der Waals surface area contributed by atoms with Crippen LogP contribution in [0.4, 0.5) is 5.69 Å². The molecule has 0 fully saturated rings. The van der Waals surface area contributed by atoms with E-state index < -0.39 is 0 Å². The smallest absolute Gasteiger partial charge is 0.271 e. The number of halogens is 1. The van der Waals surface area contributed by atoms with Gasteiger partial charge in [-0.05, 0) is 47.2 Å². The highest BCUT2D eigenvalue weighted by atomic mass is 79.9. The molecule has 0 bridgehead atoms. The quantitative estimate of drug-likeness (QED) is 0.537. The Morgan fingerprint density at radius 2 is 2.19 bits per heavy atom. The number of H-pyrrole nitrogens is 2. The molecule has 3 rings (SSSR count). The fourth-order valence-electron chi connectivity index (χ4n) is 2.51. The molecule has 134 valence electrons. The minimum absolute atomic E-state index is 0.151. The summed E-state index contributed by atoms with van der Waals surface area (Å²) in [7, 11) is 0. The summed E-state index contributed by atoms with van der Waals surface area (Å²) in [6.45, 7) is 2.34. The number of aromatic nitrogens is 4. The van der Waals surface area contributed by atoms with Crippen molar-refractivity contribution in [2.24, 2.45) is 0 Å². The molecule has 0 aliphatic rings. The van der Waals surface area contributed by atoms with E-state index in [2.05, 4.69) is 36.4 Å². The van der Waals surface area contributed by atoms with E-state index in [-0.39, 0.29) is 23.6 Å². The summed E-state index contributed by atoms with van der Waals surface area (Å²) in [4.78, 5) is 26.5. The highest BCUT2D eigenvalue weighted by Crippen LogP contribution is 2.19. The summed E-state index contributed by atoms with van der Waals surface area (Å²) in [5, 5.41) is 9.65. The van der Waals surface area contributed by atoms with Gasteiger partial charge in [0, 0.05) is 29.2 Å². The first-order valence-corrected chi connectivity index (χ1v) is 9.04. The maximum atomic E-state index is 12.2. The SMILES string of the molecule is Cc1cccc(-c2n[nH]c(=S)n2CCC(=O)Nc2cc(Br)c[nH]c2=O)c1. The molecule has 7 nitrogen and oxygen atoms in total. The van der Waals surface area contributed by atoms with Crippen LogP contribution in [0.2, 0.25) is 0 Å². The summed E-state index contributed by atoms with van der Waals surface area (Å²) < 4.78 is 2.88.